The number of aromatic amines is 1. The van der Waals surface area contributed by atoms with Crippen molar-refractivity contribution >= 4 is 11.7 Å². The first-order valence-electron chi connectivity index (χ1n) is 11.9. The Kier molecular flexibility index (Phi) is 8.72. The van der Waals surface area contributed by atoms with Crippen LogP contribution in [0.5, 0.6) is 5.75 Å². The number of halogens is 3. The maximum atomic E-state index is 13.5. The number of piperazine rings is 1. The summed E-state index contributed by atoms with van der Waals surface area (Å²) in [4.78, 5) is 36.4. The van der Waals surface area contributed by atoms with E-state index in [2.05, 4.69) is 15.1 Å². The number of nitriles is 1. The molecular formula is C25H24F3N7O4. The van der Waals surface area contributed by atoms with Crippen molar-refractivity contribution < 1.29 is 27.4 Å². The smallest absolute Gasteiger partial charge is 0.425 e. The van der Waals surface area contributed by atoms with E-state index in [4.69, 9.17) is 14.7 Å². The Labute approximate surface area is 220 Å². The van der Waals surface area contributed by atoms with Gasteiger partial charge in [-0.15, -0.1) is 0 Å². The lowest BCUT2D eigenvalue weighted by Crippen LogP contribution is -2.49. The summed E-state index contributed by atoms with van der Waals surface area (Å²) in [5, 5.41) is 14.1. The zero-order valence-electron chi connectivity index (χ0n) is 20.6. The number of rotatable bonds is 9. The Morgan fingerprint density at radius 3 is 2.51 bits per heavy atom. The number of aromatic nitrogens is 4. The van der Waals surface area contributed by atoms with Crippen molar-refractivity contribution in [1.29, 1.82) is 5.26 Å². The molecule has 0 saturated carbocycles. The molecule has 1 fully saturated rings. The number of H-pyrrole nitrogens is 1. The summed E-state index contributed by atoms with van der Waals surface area (Å²) >= 11 is 0. The van der Waals surface area contributed by atoms with Gasteiger partial charge in [0.2, 0.25) is 5.91 Å². The molecule has 1 saturated heterocycles. The molecular weight excluding hydrogens is 519 g/mol. The van der Waals surface area contributed by atoms with E-state index in [1.54, 1.807) is 34.3 Å². The number of amides is 1. The Bertz CT molecular complexity index is 1350. The Hall–Kier alpha value is -4.51. The Morgan fingerprint density at radius 2 is 1.87 bits per heavy atom. The lowest BCUT2D eigenvalue weighted by Gasteiger charge is -2.35. The quantitative estimate of drug-likeness (QED) is 0.403. The molecule has 3 aromatic heterocycles. The summed E-state index contributed by atoms with van der Waals surface area (Å²) < 4.78 is 51.5. The first kappa shape index (κ1) is 27.5. The molecule has 4 heterocycles. The molecule has 4 rings (SSSR count). The van der Waals surface area contributed by atoms with Crippen LogP contribution in [0.15, 0.2) is 53.8 Å². The molecule has 0 bridgehead atoms. The minimum Gasteiger partial charge on any atom is -0.481 e. The Morgan fingerprint density at radius 1 is 1.13 bits per heavy atom. The molecule has 0 unspecified atom stereocenters. The zero-order valence-corrected chi connectivity index (χ0v) is 20.6. The van der Waals surface area contributed by atoms with Crippen LogP contribution < -0.4 is 15.2 Å². The first-order chi connectivity index (χ1) is 18.8. The number of hydrogen-bond acceptors (Lipinski definition) is 9. The van der Waals surface area contributed by atoms with Gasteiger partial charge in [-0.05, 0) is 29.8 Å². The number of ether oxygens (including phenoxy) is 2. The maximum Gasteiger partial charge on any atom is 0.425 e. The standard InChI is InChI=1S/C25H24F3N7O4/c26-25(27,28)23-19(15-32-33-24(23)37)39-20(18-3-6-30-7-4-18)16-38-12-5-22(36)35-10-8-34(9-11-35)21-2-1-17(13-29)14-31-21/h1-4,6-7,14-15,20H,5,8-12,16H2,(H,33,37)/t20-/m1/s1. The molecule has 1 aliphatic heterocycles. The van der Waals surface area contributed by atoms with Crippen LogP contribution in [-0.4, -0.2) is 70.4 Å². The molecule has 39 heavy (non-hydrogen) atoms. The lowest BCUT2D eigenvalue weighted by atomic mass is 10.1. The number of alkyl halides is 3. The summed E-state index contributed by atoms with van der Waals surface area (Å²) in [6.45, 7) is 1.96. The molecule has 0 spiro atoms. The summed E-state index contributed by atoms with van der Waals surface area (Å²) in [7, 11) is 0. The predicted octanol–water partition coefficient (Wildman–Crippen LogP) is 2.33. The summed E-state index contributed by atoms with van der Waals surface area (Å²) in [5.74, 6) is -0.125. The molecule has 1 atom stereocenters. The van der Waals surface area contributed by atoms with Crippen LogP contribution in [-0.2, 0) is 15.7 Å². The van der Waals surface area contributed by atoms with Gasteiger partial charge in [0.15, 0.2) is 11.3 Å². The van der Waals surface area contributed by atoms with Crippen LogP contribution >= 0.6 is 0 Å². The Balaban J connectivity index is 1.31. The second-order valence-electron chi connectivity index (χ2n) is 8.53. The number of anilines is 1. The third-order valence-electron chi connectivity index (χ3n) is 6.01. The van der Waals surface area contributed by atoms with Crippen LogP contribution in [0.25, 0.3) is 0 Å². The molecule has 1 N–H and O–H groups in total. The highest BCUT2D eigenvalue weighted by Crippen LogP contribution is 2.34. The minimum absolute atomic E-state index is 0.0148. The van der Waals surface area contributed by atoms with Crippen molar-refractivity contribution in [2.24, 2.45) is 0 Å². The largest absolute Gasteiger partial charge is 0.481 e. The number of hydrogen-bond donors (Lipinski definition) is 1. The topological polar surface area (TPSA) is 137 Å². The van der Waals surface area contributed by atoms with Crippen LogP contribution in [0, 0.1) is 11.3 Å². The van der Waals surface area contributed by atoms with Crippen molar-refractivity contribution in [1.82, 2.24) is 25.1 Å². The van der Waals surface area contributed by atoms with Gasteiger partial charge in [-0.25, -0.2) is 10.1 Å². The number of carbonyl (C=O) groups excluding carboxylic acids is 1. The fourth-order valence-electron chi connectivity index (χ4n) is 4.00. The van der Waals surface area contributed by atoms with Crippen LogP contribution in [0.1, 0.15) is 29.2 Å². The highest BCUT2D eigenvalue weighted by atomic mass is 19.4. The lowest BCUT2D eigenvalue weighted by molar-refractivity contribution is -0.141. The summed E-state index contributed by atoms with van der Waals surface area (Å²) in [5.41, 5.74) is -1.98. The van der Waals surface area contributed by atoms with Gasteiger partial charge in [0.25, 0.3) is 5.56 Å². The van der Waals surface area contributed by atoms with Crippen molar-refractivity contribution in [3.8, 4) is 11.8 Å². The fraction of sp³-hybridized carbons (Fsp3) is 0.360. The average Bonchev–Trinajstić information content (AvgIpc) is 2.94. The third kappa shape index (κ3) is 7.08. The highest BCUT2D eigenvalue weighted by molar-refractivity contribution is 5.76. The molecule has 204 valence electrons. The van der Waals surface area contributed by atoms with Gasteiger partial charge < -0.3 is 19.3 Å². The first-order valence-corrected chi connectivity index (χ1v) is 11.9. The van der Waals surface area contributed by atoms with Gasteiger partial charge in [0.1, 0.15) is 18.0 Å². The third-order valence-corrected chi connectivity index (χ3v) is 6.01. The molecule has 14 heteroatoms. The predicted molar refractivity (Wildman–Crippen MR) is 131 cm³/mol. The number of nitrogens with zero attached hydrogens (tertiary/aromatic N) is 6. The van der Waals surface area contributed by atoms with E-state index < -0.39 is 29.2 Å². The van der Waals surface area contributed by atoms with Crippen LogP contribution in [0.3, 0.4) is 0 Å². The van der Waals surface area contributed by atoms with Gasteiger partial charge in [-0.1, -0.05) is 0 Å². The average molecular weight is 544 g/mol. The highest BCUT2D eigenvalue weighted by Gasteiger charge is 2.39. The monoisotopic (exact) mass is 543 g/mol. The molecule has 0 aromatic carbocycles. The van der Waals surface area contributed by atoms with Gasteiger partial charge in [-0.3, -0.25) is 14.6 Å². The second-order valence-corrected chi connectivity index (χ2v) is 8.53. The van der Waals surface area contributed by atoms with Crippen molar-refractivity contribution in [3.05, 3.63) is 76.1 Å². The normalized spacial score (nSPS) is 14.5. The van der Waals surface area contributed by atoms with Crippen LogP contribution in [0.2, 0.25) is 0 Å². The van der Waals surface area contributed by atoms with E-state index in [0.717, 1.165) is 12.0 Å². The maximum absolute atomic E-state index is 13.5. The molecule has 0 radical (unpaired) electrons. The van der Waals surface area contributed by atoms with Crippen molar-refractivity contribution in [2.75, 3.05) is 44.3 Å². The number of nitrogens with one attached hydrogen (secondary N) is 1. The summed E-state index contributed by atoms with van der Waals surface area (Å²) in [6.07, 6.45) is -0.721. The van der Waals surface area contributed by atoms with E-state index in [1.165, 1.54) is 18.6 Å². The molecule has 1 amide bonds. The van der Waals surface area contributed by atoms with Crippen molar-refractivity contribution in [2.45, 2.75) is 18.7 Å². The van der Waals surface area contributed by atoms with Gasteiger partial charge in [-0.2, -0.15) is 23.5 Å². The minimum atomic E-state index is -4.96. The van der Waals surface area contributed by atoms with Gasteiger partial charge in [0.05, 0.1) is 31.4 Å². The molecule has 3 aromatic rings. The zero-order chi connectivity index (χ0) is 27.8. The number of carbonyl (C=O) groups is 1. The van der Waals surface area contributed by atoms with Gasteiger partial charge in [0, 0.05) is 44.8 Å². The molecule has 0 aliphatic carbocycles. The van der Waals surface area contributed by atoms with Crippen LogP contribution in [0.4, 0.5) is 19.0 Å². The number of pyridine rings is 2. The summed E-state index contributed by atoms with van der Waals surface area (Å²) in [6, 6.07) is 8.58. The van der Waals surface area contributed by atoms with E-state index in [0.29, 0.717) is 37.3 Å². The van der Waals surface area contributed by atoms with E-state index in [1.807, 2.05) is 11.0 Å². The second kappa shape index (κ2) is 12.4. The molecule has 11 nitrogen and oxygen atoms in total. The fourth-order valence-corrected chi connectivity index (χ4v) is 4.00. The molecule has 1 aliphatic rings. The SMILES string of the molecule is N#Cc1ccc(N2CCN(C(=O)CCOC[C@@H](Oc3cn[nH]c(=O)c3C(F)(F)F)c3ccncc3)CC2)nc1. The van der Waals surface area contributed by atoms with Gasteiger partial charge >= 0.3 is 6.18 Å². The van der Waals surface area contributed by atoms with Crippen molar-refractivity contribution in [3.63, 3.8) is 0 Å². The van der Waals surface area contributed by atoms with E-state index >= 15 is 0 Å². The van der Waals surface area contributed by atoms with E-state index in [9.17, 15) is 22.8 Å². The van der Waals surface area contributed by atoms with E-state index in [-0.39, 0.29) is 25.5 Å².